The molecule has 0 fully saturated rings. The second-order valence-electron chi connectivity index (χ2n) is 1.90. The van der Waals surface area contributed by atoms with E-state index in [4.69, 9.17) is 16.1 Å². The largest absolute Gasteiger partial charge is 0.477 e. The Hall–Kier alpha value is -0.810. The fourth-order valence-electron chi connectivity index (χ4n) is 0.669. The number of anilines is 1. The van der Waals surface area contributed by atoms with Crippen LogP contribution in [0.3, 0.4) is 0 Å². The van der Waals surface area contributed by atoms with E-state index in [1.54, 1.807) is 22.6 Å². The third-order valence-corrected chi connectivity index (χ3v) is 3.63. The zero-order valence-electron chi connectivity index (χ0n) is 5.67. The Kier molecular flexibility index (Phi) is 2.54. The molecule has 0 saturated heterocycles. The number of aromatic carboxylic acids is 1. The quantitative estimate of drug-likeness (QED) is 0.768. The number of nitrogens with zero attached hydrogens (tertiary/aromatic N) is 1. The lowest BCUT2D eigenvalue weighted by Crippen LogP contribution is -1.94. The van der Waals surface area contributed by atoms with Gasteiger partial charge in [-0.05, 0) is 22.6 Å². The van der Waals surface area contributed by atoms with Crippen LogP contribution in [0.15, 0.2) is 0 Å². The van der Waals surface area contributed by atoms with E-state index >= 15 is 0 Å². The van der Waals surface area contributed by atoms with Crippen molar-refractivity contribution < 1.29 is 9.90 Å². The zero-order chi connectivity index (χ0) is 9.30. The highest BCUT2D eigenvalue weighted by Gasteiger charge is 2.18. The molecule has 0 saturated carbocycles. The predicted octanol–water partition coefficient (Wildman–Crippen LogP) is 1.50. The number of nitriles is 1. The van der Waals surface area contributed by atoms with Gasteiger partial charge in [0.25, 0.3) is 0 Å². The molecule has 1 aromatic rings. The molecule has 0 atom stereocenters. The van der Waals surface area contributed by atoms with Crippen molar-refractivity contribution in [1.82, 2.24) is 0 Å². The molecule has 1 rings (SSSR count). The number of rotatable bonds is 1. The topological polar surface area (TPSA) is 87.1 Å². The molecule has 0 bridgehead atoms. The van der Waals surface area contributed by atoms with Crippen LogP contribution in [-0.2, 0) is 0 Å². The number of hydrogen-bond acceptors (Lipinski definition) is 4. The maximum absolute atomic E-state index is 10.5. The van der Waals surface area contributed by atoms with Gasteiger partial charge in [0.15, 0.2) is 0 Å². The highest BCUT2D eigenvalue weighted by Crippen LogP contribution is 2.31. The van der Waals surface area contributed by atoms with Gasteiger partial charge in [-0.2, -0.15) is 5.26 Å². The van der Waals surface area contributed by atoms with Crippen molar-refractivity contribution in [3.05, 3.63) is 14.0 Å². The second-order valence-corrected chi connectivity index (χ2v) is 4.03. The van der Waals surface area contributed by atoms with Gasteiger partial charge < -0.3 is 10.8 Å². The summed E-state index contributed by atoms with van der Waals surface area (Å²) in [6, 6.07) is 1.85. The van der Waals surface area contributed by atoms with E-state index in [0.29, 0.717) is 3.57 Å². The second kappa shape index (κ2) is 3.28. The number of nitrogens with two attached hydrogens (primary N) is 1. The number of carbonyl (C=O) groups is 1. The standard InChI is InChI=1S/C6H3IN2O2S/c7-3-2(1-8)5(9)12-4(3)6(10)11/h9H2,(H,10,11). The summed E-state index contributed by atoms with van der Waals surface area (Å²) in [6.07, 6.45) is 0. The summed E-state index contributed by atoms with van der Waals surface area (Å²) in [5.41, 5.74) is 5.68. The van der Waals surface area contributed by atoms with Crippen LogP contribution in [0.25, 0.3) is 0 Å². The molecule has 0 radical (unpaired) electrons. The number of carboxylic acids is 1. The van der Waals surface area contributed by atoms with E-state index in [2.05, 4.69) is 0 Å². The Morgan fingerprint density at radius 3 is 2.58 bits per heavy atom. The summed E-state index contributed by atoms with van der Waals surface area (Å²) < 4.78 is 0.421. The minimum Gasteiger partial charge on any atom is -0.477 e. The molecule has 0 unspecified atom stereocenters. The molecule has 0 aromatic carbocycles. The van der Waals surface area contributed by atoms with Crippen molar-refractivity contribution in [2.75, 3.05) is 5.73 Å². The first-order valence-corrected chi connectivity index (χ1v) is 4.68. The molecule has 0 aliphatic carbocycles. The van der Waals surface area contributed by atoms with Crippen LogP contribution in [-0.4, -0.2) is 11.1 Å². The van der Waals surface area contributed by atoms with Gasteiger partial charge in [0.2, 0.25) is 0 Å². The first-order chi connectivity index (χ1) is 5.57. The van der Waals surface area contributed by atoms with Gasteiger partial charge in [-0.3, -0.25) is 0 Å². The molecule has 62 valence electrons. The fraction of sp³-hybridized carbons (Fsp3) is 0. The van der Waals surface area contributed by atoms with Crippen LogP contribution in [0.4, 0.5) is 5.00 Å². The Labute approximate surface area is 85.8 Å². The molecular formula is C6H3IN2O2S. The summed E-state index contributed by atoms with van der Waals surface area (Å²) in [4.78, 5) is 10.7. The average molecular weight is 294 g/mol. The summed E-state index contributed by atoms with van der Waals surface area (Å²) in [5, 5.41) is 17.5. The van der Waals surface area contributed by atoms with Gasteiger partial charge in [0.1, 0.15) is 21.5 Å². The number of carboxylic acid groups (broad SMARTS) is 1. The third kappa shape index (κ3) is 1.37. The van der Waals surface area contributed by atoms with Crippen molar-refractivity contribution in [3.8, 4) is 6.07 Å². The molecule has 0 amide bonds. The Bertz CT molecular complexity index is 380. The van der Waals surface area contributed by atoms with E-state index in [1.165, 1.54) is 0 Å². The molecule has 1 heterocycles. The highest BCUT2D eigenvalue weighted by molar-refractivity contribution is 14.1. The normalized spacial score (nSPS) is 9.33. The number of thiophene rings is 1. The molecule has 4 nitrogen and oxygen atoms in total. The van der Waals surface area contributed by atoms with E-state index in [0.717, 1.165) is 11.3 Å². The minimum absolute atomic E-state index is 0.129. The maximum atomic E-state index is 10.5. The SMILES string of the molecule is N#Cc1c(N)sc(C(=O)O)c1I. The van der Waals surface area contributed by atoms with Crippen LogP contribution in [0.2, 0.25) is 0 Å². The van der Waals surface area contributed by atoms with Crippen LogP contribution in [0, 0.1) is 14.9 Å². The van der Waals surface area contributed by atoms with Crippen LogP contribution in [0.5, 0.6) is 0 Å². The van der Waals surface area contributed by atoms with E-state index in [9.17, 15) is 4.79 Å². The molecule has 3 N–H and O–H groups in total. The van der Waals surface area contributed by atoms with Gasteiger partial charge >= 0.3 is 5.97 Å². The van der Waals surface area contributed by atoms with Crippen LogP contribution >= 0.6 is 33.9 Å². The third-order valence-electron chi connectivity index (χ3n) is 1.18. The maximum Gasteiger partial charge on any atom is 0.347 e. The van der Waals surface area contributed by atoms with Crippen molar-refractivity contribution in [2.24, 2.45) is 0 Å². The monoisotopic (exact) mass is 294 g/mol. The van der Waals surface area contributed by atoms with Gasteiger partial charge in [-0.15, -0.1) is 11.3 Å². The van der Waals surface area contributed by atoms with Gasteiger partial charge in [-0.25, -0.2) is 4.79 Å². The number of halogens is 1. The molecule has 0 aliphatic heterocycles. The lowest BCUT2D eigenvalue weighted by Gasteiger charge is -1.86. The van der Waals surface area contributed by atoms with E-state index < -0.39 is 5.97 Å². The smallest absolute Gasteiger partial charge is 0.347 e. The first-order valence-electron chi connectivity index (χ1n) is 2.79. The Morgan fingerprint density at radius 1 is 1.75 bits per heavy atom. The minimum atomic E-state index is -1.04. The molecule has 12 heavy (non-hydrogen) atoms. The lowest BCUT2D eigenvalue weighted by atomic mass is 10.3. The molecule has 6 heteroatoms. The summed E-state index contributed by atoms with van der Waals surface area (Å²) in [7, 11) is 0. The summed E-state index contributed by atoms with van der Waals surface area (Å²) in [5.74, 6) is -1.04. The van der Waals surface area contributed by atoms with Gasteiger partial charge in [0.05, 0.1) is 3.57 Å². The Balaban J connectivity index is 3.39. The van der Waals surface area contributed by atoms with E-state index in [-0.39, 0.29) is 15.4 Å². The van der Waals surface area contributed by atoms with Crippen LogP contribution in [0.1, 0.15) is 15.2 Å². The highest BCUT2D eigenvalue weighted by atomic mass is 127. The molecule has 0 spiro atoms. The van der Waals surface area contributed by atoms with Crippen molar-refractivity contribution >= 4 is 44.9 Å². The molecule has 1 aromatic heterocycles. The van der Waals surface area contributed by atoms with Gasteiger partial charge in [0, 0.05) is 0 Å². The molecular weight excluding hydrogens is 291 g/mol. The molecule has 0 aliphatic rings. The Morgan fingerprint density at radius 2 is 2.33 bits per heavy atom. The predicted molar refractivity (Wildman–Crippen MR) is 53.1 cm³/mol. The van der Waals surface area contributed by atoms with Crippen molar-refractivity contribution in [3.63, 3.8) is 0 Å². The van der Waals surface area contributed by atoms with E-state index in [1.807, 2.05) is 6.07 Å². The zero-order valence-corrected chi connectivity index (χ0v) is 8.64. The first kappa shape index (κ1) is 9.28. The van der Waals surface area contributed by atoms with Gasteiger partial charge in [-0.1, -0.05) is 0 Å². The number of hydrogen-bond donors (Lipinski definition) is 2. The van der Waals surface area contributed by atoms with Crippen molar-refractivity contribution in [2.45, 2.75) is 0 Å². The summed E-state index contributed by atoms with van der Waals surface area (Å²) >= 11 is 2.73. The lowest BCUT2D eigenvalue weighted by molar-refractivity contribution is 0.0701. The van der Waals surface area contributed by atoms with Crippen LogP contribution < -0.4 is 5.73 Å². The average Bonchev–Trinajstić information content (AvgIpc) is 2.27. The number of nitrogen functional groups attached to an aromatic ring is 1. The van der Waals surface area contributed by atoms with Crippen molar-refractivity contribution in [1.29, 1.82) is 5.26 Å². The summed E-state index contributed by atoms with van der Waals surface area (Å²) in [6.45, 7) is 0. The fourth-order valence-corrected chi connectivity index (χ4v) is 2.57.